The Labute approximate surface area is 266 Å². The van der Waals surface area contributed by atoms with E-state index in [9.17, 15) is 0 Å². The van der Waals surface area contributed by atoms with Crippen LogP contribution in [0.25, 0.3) is 88.4 Å². The van der Waals surface area contributed by atoms with E-state index in [0.717, 1.165) is 27.5 Å². The SMILES string of the molecule is c1ccc(-c2nc(-c3ccc4c(-c5ccccc5)cccc4c3)nc(-c3ccc4c(ccc5c6ccccc6ccc45)c3)n2)cc1. The second-order valence-corrected chi connectivity index (χ2v) is 11.7. The van der Waals surface area contributed by atoms with E-state index in [1.807, 2.05) is 30.3 Å². The second-order valence-electron chi connectivity index (χ2n) is 11.7. The zero-order valence-electron chi connectivity index (χ0n) is 24.9. The highest BCUT2D eigenvalue weighted by molar-refractivity contribution is 6.17. The molecule has 3 heteroatoms. The van der Waals surface area contributed by atoms with Crippen molar-refractivity contribution in [2.45, 2.75) is 0 Å². The van der Waals surface area contributed by atoms with Crippen molar-refractivity contribution in [1.29, 1.82) is 0 Å². The summed E-state index contributed by atoms with van der Waals surface area (Å²) in [4.78, 5) is 15.1. The van der Waals surface area contributed by atoms with Crippen LogP contribution in [0.3, 0.4) is 0 Å². The standard InChI is InChI=1S/C43H27N3/c1-3-10-28(11-4-1)35-17-9-15-31-26-33(20-22-37(31)35)42-44-41(30-13-5-2-6-14-30)45-43(46-42)34-21-23-38-32(27-34)19-25-39-36-16-8-7-12-29(36)18-24-40(38)39/h1-27H. The Balaban J connectivity index is 1.20. The lowest BCUT2D eigenvalue weighted by Crippen LogP contribution is -2.00. The first kappa shape index (κ1) is 26.2. The lowest BCUT2D eigenvalue weighted by Gasteiger charge is -2.12. The van der Waals surface area contributed by atoms with Crippen molar-refractivity contribution < 1.29 is 0 Å². The van der Waals surface area contributed by atoms with E-state index in [2.05, 4.69) is 133 Å². The Hall–Kier alpha value is -6.19. The average Bonchev–Trinajstić information content (AvgIpc) is 3.14. The van der Waals surface area contributed by atoms with Crippen molar-refractivity contribution >= 4 is 43.1 Å². The minimum atomic E-state index is 0.654. The molecule has 1 heterocycles. The van der Waals surface area contributed by atoms with Gasteiger partial charge in [-0.05, 0) is 66.3 Å². The van der Waals surface area contributed by atoms with Gasteiger partial charge in [-0.2, -0.15) is 0 Å². The zero-order valence-corrected chi connectivity index (χ0v) is 24.9. The molecule has 0 spiro atoms. The highest BCUT2D eigenvalue weighted by atomic mass is 15.0. The van der Waals surface area contributed by atoms with Crippen LogP contribution >= 0.6 is 0 Å². The molecule has 0 atom stereocenters. The van der Waals surface area contributed by atoms with Crippen LogP contribution in [0.1, 0.15) is 0 Å². The van der Waals surface area contributed by atoms with Crippen molar-refractivity contribution in [3.63, 3.8) is 0 Å². The molecule has 0 aliphatic carbocycles. The van der Waals surface area contributed by atoms with Crippen molar-refractivity contribution in [3.05, 3.63) is 164 Å². The van der Waals surface area contributed by atoms with Crippen LogP contribution in [0.4, 0.5) is 0 Å². The molecule has 3 nitrogen and oxygen atoms in total. The van der Waals surface area contributed by atoms with E-state index in [1.165, 1.54) is 43.4 Å². The van der Waals surface area contributed by atoms with E-state index in [4.69, 9.17) is 15.0 Å². The van der Waals surface area contributed by atoms with Crippen LogP contribution in [0.2, 0.25) is 0 Å². The number of fused-ring (bicyclic) bond motifs is 6. The third-order valence-electron chi connectivity index (χ3n) is 8.89. The number of hydrogen-bond donors (Lipinski definition) is 0. The van der Waals surface area contributed by atoms with Gasteiger partial charge in [-0.1, -0.05) is 152 Å². The fraction of sp³-hybridized carbons (Fsp3) is 0. The molecule has 214 valence electrons. The normalized spacial score (nSPS) is 11.5. The summed E-state index contributed by atoms with van der Waals surface area (Å²) < 4.78 is 0. The third-order valence-corrected chi connectivity index (χ3v) is 8.89. The number of nitrogens with zero attached hydrogens (tertiary/aromatic N) is 3. The Morgan fingerprint density at radius 2 is 0.739 bits per heavy atom. The number of benzene rings is 8. The first-order chi connectivity index (χ1) is 22.8. The Morgan fingerprint density at radius 3 is 1.43 bits per heavy atom. The van der Waals surface area contributed by atoms with E-state index in [1.54, 1.807) is 0 Å². The molecular weight excluding hydrogens is 558 g/mol. The molecule has 9 rings (SSSR count). The van der Waals surface area contributed by atoms with Crippen molar-refractivity contribution in [3.8, 4) is 45.3 Å². The van der Waals surface area contributed by atoms with Crippen LogP contribution in [0.5, 0.6) is 0 Å². The molecule has 8 aromatic carbocycles. The van der Waals surface area contributed by atoms with Gasteiger partial charge in [0.15, 0.2) is 17.5 Å². The van der Waals surface area contributed by atoms with Crippen LogP contribution in [0, 0.1) is 0 Å². The first-order valence-electron chi connectivity index (χ1n) is 15.5. The van der Waals surface area contributed by atoms with E-state index < -0.39 is 0 Å². The molecule has 9 aromatic rings. The Bertz CT molecular complexity index is 2570. The van der Waals surface area contributed by atoms with Crippen LogP contribution in [-0.4, -0.2) is 15.0 Å². The van der Waals surface area contributed by atoms with Gasteiger partial charge in [-0.3, -0.25) is 0 Å². The topological polar surface area (TPSA) is 38.7 Å². The highest BCUT2D eigenvalue weighted by Crippen LogP contribution is 2.35. The molecule has 0 saturated heterocycles. The lowest BCUT2D eigenvalue weighted by molar-refractivity contribution is 1.08. The smallest absolute Gasteiger partial charge is 0.164 e. The minimum Gasteiger partial charge on any atom is -0.208 e. The summed E-state index contributed by atoms with van der Waals surface area (Å²) in [5.74, 6) is 1.97. The maximum atomic E-state index is 5.07. The van der Waals surface area contributed by atoms with Crippen LogP contribution in [0.15, 0.2) is 164 Å². The number of hydrogen-bond acceptors (Lipinski definition) is 3. The Kier molecular flexibility index (Phi) is 6.14. The molecular formula is C43H27N3. The van der Waals surface area contributed by atoms with Crippen molar-refractivity contribution in [2.24, 2.45) is 0 Å². The van der Waals surface area contributed by atoms with Crippen molar-refractivity contribution in [2.75, 3.05) is 0 Å². The summed E-state index contributed by atoms with van der Waals surface area (Å²) >= 11 is 0. The van der Waals surface area contributed by atoms with Crippen molar-refractivity contribution in [1.82, 2.24) is 15.0 Å². The van der Waals surface area contributed by atoms with Gasteiger partial charge < -0.3 is 0 Å². The molecule has 1 aromatic heterocycles. The quantitative estimate of drug-likeness (QED) is 0.193. The van der Waals surface area contributed by atoms with Gasteiger partial charge >= 0.3 is 0 Å². The molecule has 0 bridgehead atoms. The lowest BCUT2D eigenvalue weighted by atomic mass is 9.96. The molecule has 46 heavy (non-hydrogen) atoms. The molecule has 0 amide bonds. The van der Waals surface area contributed by atoms with Crippen LogP contribution < -0.4 is 0 Å². The number of rotatable bonds is 4. The summed E-state index contributed by atoms with van der Waals surface area (Å²) in [6, 6.07) is 57.6. The fourth-order valence-corrected chi connectivity index (χ4v) is 6.61. The zero-order chi connectivity index (χ0) is 30.5. The summed E-state index contributed by atoms with van der Waals surface area (Å²) in [6.45, 7) is 0. The average molecular weight is 586 g/mol. The van der Waals surface area contributed by atoms with Crippen LogP contribution in [-0.2, 0) is 0 Å². The summed E-state index contributed by atoms with van der Waals surface area (Å²) in [6.07, 6.45) is 0. The molecule has 0 radical (unpaired) electrons. The fourth-order valence-electron chi connectivity index (χ4n) is 6.61. The van der Waals surface area contributed by atoms with Gasteiger partial charge in [-0.25, -0.2) is 15.0 Å². The summed E-state index contributed by atoms with van der Waals surface area (Å²) in [5, 5.41) is 9.75. The van der Waals surface area contributed by atoms with Gasteiger partial charge in [0, 0.05) is 16.7 Å². The molecule has 0 fully saturated rings. The third kappa shape index (κ3) is 4.49. The molecule has 0 aliphatic rings. The molecule has 0 unspecified atom stereocenters. The second kappa shape index (κ2) is 10.8. The maximum absolute atomic E-state index is 5.07. The molecule has 0 aliphatic heterocycles. The summed E-state index contributed by atoms with van der Waals surface area (Å²) in [5.41, 5.74) is 5.28. The van der Waals surface area contributed by atoms with Gasteiger partial charge in [0.25, 0.3) is 0 Å². The van der Waals surface area contributed by atoms with Gasteiger partial charge in [-0.15, -0.1) is 0 Å². The van der Waals surface area contributed by atoms with E-state index in [-0.39, 0.29) is 0 Å². The first-order valence-corrected chi connectivity index (χ1v) is 15.5. The monoisotopic (exact) mass is 585 g/mol. The largest absolute Gasteiger partial charge is 0.208 e. The predicted octanol–water partition coefficient (Wildman–Crippen LogP) is 11.2. The van der Waals surface area contributed by atoms with Gasteiger partial charge in [0.2, 0.25) is 0 Å². The maximum Gasteiger partial charge on any atom is 0.164 e. The summed E-state index contributed by atoms with van der Waals surface area (Å²) in [7, 11) is 0. The van der Waals surface area contributed by atoms with E-state index >= 15 is 0 Å². The van der Waals surface area contributed by atoms with Gasteiger partial charge in [0.05, 0.1) is 0 Å². The molecule has 0 saturated carbocycles. The Morgan fingerprint density at radius 1 is 0.261 bits per heavy atom. The number of aromatic nitrogens is 3. The highest BCUT2D eigenvalue weighted by Gasteiger charge is 2.15. The molecule has 0 N–H and O–H groups in total. The van der Waals surface area contributed by atoms with Gasteiger partial charge in [0.1, 0.15) is 0 Å². The van der Waals surface area contributed by atoms with E-state index in [0.29, 0.717) is 17.5 Å². The predicted molar refractivity (Wildman–Crippen MR) is 192 cm³/mol. The minimum absolute atomic E-state index is 0.654.